The summed E-state index contributed by atoms with van der Waals surface area (Å²) >= 11 is 0. The minimum Gasteiger partial charge on any atom is -0.324 e. The maximum Gasteiger partial charge on any atom is 0.260 e. The van der Waals surface area contributed by atoms with Gasteiger partial charge in [-0.05, 0) is 35.4 Å². The number of amides is 2. The number of hydrogen-bond acceptors (Lipinski definition) is 3. The normalized spacial score (nSPS) is 26.9. The molecule has 1 aromatic rings. The Hall–Kier alpha value is -1.68. The molecular formula is C17H22N2O2. The summed E-state index contributed by atoms with van der Waals surface area (Å²) in [5, 5.41) is 0. The van der Waals surface area contributed by atoms with Crippen LogP contribution < -0.4 is 5.73 Å². The van der Waals surface area contributed by atoms with Gasteiger partial charge in [0.1, 0.15) is 0 Å². The molecule has 112 valence electrons. The van der Waals surface area contributed by atoms with Gasteiger partial charge in [-0.3, -0.25) is 14.5 Å². The van der Waals surface area contributed by atoms with Crippen molar-refractivity contribution in [3.8, 4) is 0 Å². The Morgan fingerprint density at radius 2 is 2.05 bits per heavy atom. The quantitative estimate of drug-likeness (QED) is 0.848. The highest BCUT2D eigenvalue weighted by molar-refractivity contribution is 6.09. The summed E-state index contributed by atoms with van der Waals surface area (Å²) in [7, 11) is 1.54. The van der Waals surface area contributed by atoms with Gasteiger partial charge in [-0.1, -0.05) is 31.9 Å². The second-order valence-corrected chi connectivity index (χ2v) is 6.45. The van der Waals surface area contributed by atoms with Crippen molar-refractivity contribution >= 4 is 11.8 Å². The molecule has 1 aliphatic carbocycles. The summed E-state index contributed by atoms with van der Waals surface area (Å²) in [5.74, 6) is 0.765. The first-order valence-corrected chi connectivity index (χ1v) is 7.68. The predicted octanol–water partition coefficient (Wildman–Crippen LogP) is 2.28. The summed E-state index contributed by atoms with van der Waals surface area (Å²) in [6.07, 6.45) is 3.93. The number of nitrogens with two attached hydrogens (primary N) is 1. The molecule has 4 heteroatoms. The van der Waals surface area contributed by atoms with E-state index in [2.05, 4.69) is 6.92 Å². The van der Waals surface area contributed by atoms with E-state index in [-0.39, 0.29) is 17.9 Å². The van der Waals surface area contributed by atoms with Crippen LogP contribution in [-0.2, 0) is 11.2 Å². The van der Waals surface area contributed by atoms with E-state index in [0.717, 1.165) is 17.5 Å². The van der Waals surface area contributed by atoms with E-state index < -0.39 is 0 Å². The lowest BCUT2D eigenvalue weighted by atomic mass is 9.84. The minimum absolute atomic E-state index is 0.0245. The Morgan fingerprint density at radius 1 is 1.29 bits per heavy atom. The number of rotatable bonds is 2. The summed E-state index contributed by atoms with van der Waals surface area (Å²) in [6.45, 7) is 2.26. The molecule has 21 heavy (non-hydrogen) atoms. The highest BCUT2D eigenvalue weighted by Crippen LogP contribution is 2.39. The molecular weight excluding hydrogens is 264 g/mol. The first kappa shape index (κ1) is 14.3. The maximum absolute atomic E-state index is 12.3. The van der Waals surface area contributed by atoms with Gasteiger partial charge in [0.2, 0.25) is 5.91 Å². The molecule has 2 N–H and O–H groups in total. The highest BCUT2D eigenvalue weighted by atomic mass is 16.2. The zero-order valence-corrected chi connectivity index (χ0v) is 12.6. The lowest BCUT2D eigenvalue weighted by Crippen LogP contribution is -2.39. The fourth-order valence-corrected chi connectivity index (χ4v) is 3.68. The van der Waals surface area contributed by atoms with E-state index in [1.807, 2.05) is 18.2 Å². The second-order valence-electron chi connectivity index (χ2n) is 6.45. The number of imide groups is 1. The van der Waals surface area contributed by atoms with Crippen LogP contribution >= 0.6 is 0 Å². The first-order valence-electron chi connectivity index (χ1n) is 7.68. The van der Waals surface area contributed by atoms with Crippen molar-refractivity contribution < 1.29 is 9.59 Å². The van der Waals surface area contributed by atoms with Crippen LogP contribution in [0, 0.1) is 11.8 Å². The number of hydrogen-bond donors (Lipinski definition) is 1. The largest absolute Gasteiger partial charge is 0.324 e. The Labute approximate surface area is 125 Å². The van der Waals surface area contributed by atoms with Crippen molar-refractivity contribution in [3.05, 3.63) is 34.9 Å². The van der Waals surface area contributed by atoms with Crippen LogP contribution in [0.4, 0.5) is 0 Å². The molecule has 1 heterocycles. The topological polar surface area (TPSA) is 63.4 Å². The van der Waals surface area contributed by atoms with E-state index in [4.69, 9.17) is 5.73 Å². The molecule has 0 spiro atoms. The number of carbonyl (C=O) groups excluding carboxylic acids is 2. The third-order valence-corrected chi connectivity index (χ3v) is 5.16. The van der Waals surface area contributed by atoms with Crippen molar-refractivity contribution in [2.45, 2.75) is 38.6 Å². The van der Waals surface area contributed by atoms with Gasteiger partial charge < -0.3 is 5.73 Å². The number of fused-ring (bicyclic) bond motifs is 1. The summed E-state index contributed by atoms with van der Waals surface area (Å²) < 4.78 is 0. The van der Waals surface area contributed by atoms with Crippen LogP contribution in [0.15, 0.2) is 18.2 Å². The van der Waals surface area contributed by atoms with Crippen molar-refractivity contribution in [2.24, 2.45) is 17.6 Å². The van der Waals surface area contributed by atoms with E-state index in [1.165, 1.54) is 17.7 Å². The Balaban J connectivity index is 1.92. The third-order valence-electron chi connectivity index (χ3n) is 5.16. The molecule has 1 fully saturated rings. The van der Waals surface area contributed by atoms with Gasteiger partial charge in [-0.15, -0.1) is 0 Å². The summed E-state index contributed by atoms with van der Waals surface area (Å²) in [4.78, 5) is 25.2. The van der Waals surface area contributed by atoms with Crippen molar-refractivity contribution in [3.63, 3.8) is 0 Å². The van der Waals surface area contributed by atoms with Crippen LogP contribution in [0.5, 0.6) is 0 Å². The van der Waals surface area contributed by atoms with Gasteiger partial charge in [-0.25, -0.2) is 0 Å². The Bertz CT molecular complexity index is 596. The van der Waals surface area contributed by atoms with Crippen LogP contribution in [0.2, 0.25) is 0 Å². The van der Waals surface area contributed by atoms with Gasteiger partial charge in [0, 0.05) is 18.7 Å². The lowest BCUT2D eigenvalue weighted by Gasteiger charge is -2.27. The van der Waals surface area contributed by atoms with Crippen LogP contribution in [0.3, 0.4) is 0 Å². The third kappa shape index (κ3) is 2.38. The van der Waals surface area contributed by atoms with Crippen LogP contribution in [0.25, 0.3) is 0 Å². The Morgan fingerprint density at radius 3 is 2.71 bits per heavy atom. The standard InChI is InChI=1S/C17H22N2O2/c1-10-4-3-5-13(10)16(18)12-7-6-11-9-15(20)19(2)17(21)14(11)8-12/h6-8,10,13,16H,3-5,9,18H2,1-2H3. The van der Waals surface area contributed by atoms with Crippen molar-refractivity contribution in [2.75, 3.05) is 7.05 Å². The number of likely N-dealkylation sites (N-methyl/N-ethyl adjacent to an activating group) is 1. The monoisotopic (exact) mass is 286 g/mol. The van der Waals surface area contributed by atoms with Gasteiger partial charge in [0.05, 0.1) is 6.42 Å². The lowest BCUT2D eigenvalue weighted by molar-refractivity contribution is -0.127. The average molecular weight is 286 g/mol. The maximum atomic E-state index is 12.3. The molecule has 3 rings (SSSR count). The number of carbonyl (C=O) groups is 2. The molecule has 0 bridgehead atoms. The first-order chi connectivity index (χ1) is 9.99. The van der Waals surface area contributed by atoms with Gasteiger partial charge in [0.25, 0.3) is 5.91 Å². The molecule has 0 aromatic heterocycles. The fourth-order valence-electron chi connectivity index (χ4n) is 3.68. The molecule has 1 saturated carbocycles. The smallest absolute Gasteiger partial charge is 0.260 e. The highest BCUT2D eigenvalue weighted by Gasteiger charge is 2.32. The molecule has 3 atom stereocenters. The van der Waals surface area contributed by atoms with Gasteiger partial charge in [-0.2, -0.15) is 0 Å². The molecule has 2 amide bonds. The zero-order chi connectivity index (χ0) is 15.1. The molecule has 3 unspecified atom stereocenters. The molecule has 1 aliphatic heterocycles. The zero-order valence-electron chi connectivity index (χ0n) is 12.6. The summed E-state index contributed by atoms with van der Waals surface area (Å²) in [6, 6.07) is 5.76. The number of nitrogens with zero attached hydrogens (tertiary/aromatic N) is 1. The van der Waals surface area contributed by atoms with E-state index >= 15 is 0 Å². The average Bonchev–Trinajstić information content (AvgIpc) is 2.90. The van der Waals surface area contributed by atoms with Crippen LogP contribution in [-0.4, -0.2) is 23.8 Å². The molecule has 1 aromatic carbocycles. The summed E-state index contributed by atoms with van der Waals surface area (Å²) in [5.41, 5.74) is 8.91. The van der Waals surface area contributed by atoms with Crippen molar-refractivity contribution in [1.29, 1.82) is 0 Å². The van der Waals surface area contributed by atoms with E-state index in [0.29, 0.717) is 23.8 Å². The molecule has 2 aliphatic rings. The Kier molecular flexibility index (Phi) is 3.57. The van der Waals surface area contributed by atoms with E-state index in [1.54, 1.807) is 7.05 Å². The van der Waals surface area contributed by atoms with E-state index in [9.17, 15) is 9.59 Å². The fraction of sp³-hybridized carbons (Fsp3) is 0.529. The van der Waals surface area contributed by atoms with Gasteiger partial charge >= 0.3 is 0 Å². The number of benzene rings is 1. The predicted molar refractivity (Wildman–Crippen MR) is 80.7 cm³/mol. The molecule has 4 nitrogen and oxygen atoms in total. The molecule has 0 saturated heterocycles. The van der Waals surface area contributed by atoms with Crippen molar-refractivity contribution in [1.82, 2.24) is 4.90 Å². The van der Waals surface area contributed by atoms with Crippen LogP contribution in [0.1, 0.15) is 53.7 Å². The minimum atomic E-state index is -0.213. The molecule has 0 radical (unpaired) electrons. The SMILES string of the molecule is CC1CCCC1C(N)c1ccc2c(c1)C(=O)N(C)C(=O)C2. The van der Waals surface area contributed by atoms with Gasteiger partial charge in [0.15, 0.2) is 0 Å². The second kappa shape index (κ2) is 5.26.